The quantitative estimate of drug-likeness (QED) is 0.400. The molecule has 0 rings (SSSR count). The third-order valence-corrected chi connectivity index (χ3v) is 2.27. The van der Waals surface area contributed by atoms with Crippen LogP contribution < -0.4 is 0 Å². The smallest absolute Gasteiger partial charge is 0.314 e. The number of carbonyl (C=O) groups is 1. The molecule has 0 aromatic rings. The molecule has 1 atom stereocenters. The number of rotatable bonds is 7. The molecular weight excluding hydrogens is 192 g/mol. The van der Waals surface area contributed by atoms with Crippen molar-refractivity contribution in [2.75, 3.05) is 0 Å². The monoisotopic (exact) mass is 212 g/mol. The van der Waals surface area contributed by atoms with Crippen molar-refractivity contribution in [3.05, 3.63) is 25.3 Å². The number of esters is 1. The lowest BCUT2D eigenvalue weighted by Gasteiger charge is -2.25. The van der Waals surface area contributed by atoms with Crippen LogP contribution in [0.25, 0.3) is 0 Å². The number of hydrogen-bond donors (Lipinski definition) is 1. The highest BCUT2D eigenvalue weighted by molar-refractivity contribution is 5.76. The Bertz CT molecular complexity index is 223. The number of aliphatic hydroxyl groups excluding tert-OH is 1. The van der Waals surface area contributed by atoms with Gasteiger partial charge in [-0.3, -0.25) is 4.79 Å². The summed E-state index contributed by atoms with van der Waals surface area (Å²) < 4.78 is 4.89. The van der Waals surface area contributed by atoms with Crippen LogP contribution in [-0.4, -0.2) is 17.4 Å². The zero-order chi connectivity index (χ0) is 11.9. The van der Waals surface area contributed by atoms with Crippen molar-refractivity contribution in [2.45, 2.75) is 39.4 Å². The van der Waals surface area contributed by atoms with Crippen LogP contribution in [0.2, 0.25) is 0 Å². The fraction of sp³-hybridized carbons (Fsp3) is 0.583. The fourth-order valence-electron chi connectivity index (χ4n) is 1.24. The number of allylic oxidation sites excluding steroid dienone is 2. The molecule has 0 aromatic heterocycles. The van der Waals surface area contributed by atoms with E-state index < -0.39 is 17.7 Å². The van der Waals surface area contributed by atoms with Crippen molar-refractivity contribution in [1.82, 2.24) is 0 Å². The van der Waals surface area contributed by atoms with E-state index in [9.17, 15) is 9.90 Å². The molecule has 0 heterocycles. The molecule has 0 radical (unpaired) electrons. The maximum atomic E-state index is 11.7. The Balaban J connectivity index is 4.53. The summed E-state index contributed by atoms with van der Waals surface area (Å²) >= 11 is 0. The molecule has 86 valence electrons. The van der Waals surface area contributed by atoms with Gasteiger partial charge in [0, 0.05) is 6.42 Å². The second-order valence-electron chi connectivity index (χ2n) is 3.81. The molecule has 1 unspecified atom stereocenters. The Morgan fingerprint density at radius 3 is 2.27 bits per heavy atom. The summed E-state index contributed by atoms with van der Waals surface area (Å²) in [7, 11) is 0. The van der Waals surface area contributed by atoms with Crippen LogP contribution in [0, 0.1) is 5.41 Å². The maximum absolute atomic E-state index is 11.7. The summed E-state index contributed by atoms with van der Waals surface area (Å²) in [6, 6.07) is 0. The highest BCUT2D eigenvalue weighted by Gasteiger charge is 2.33. The van der Waals surface area contributed by atoms with Gasteiger partial charge in [0.1, 0.15) is 0 Å². The predicted octanol–water partition coefficient (Wildman–Crippen LogP) is 2.42. The Morgan fingerprint density at radius 1 is 1.47 bits per heavy atom. The van der Waals surface area contributed by atoms with Gasteiger partial charge in [-0.2, -0.15) is 0 Å². The highest BCUT2D eigenvalue weighted by atomic mass is 16.6. The molecule has 0 bridgehead atoms. The van der Waals surface area contributed by atoms with Gasteiger partial charge in [0.25, 0.3) is 0 Å². The topological polar surface area (TPSA) is 46.5 Å². The molecule has 3 nitrogen and oxygen atoms in total. The lowest BCUT2D eigenvalue weighted by Crippen LogP contribution is -2.32. The molecule has 0 amide bonds. The number of carbonyl (C=O) groups excluding carboxylic acids is 1. The van der Waals surface area contributed by atoms with E-state index >= 15 is 0 Å². The van der Waals surface area contributed by atoms with E-state index in [0.29, 0.717) is 19.3 Å². The number of aliphatic hydroxyl groups is 1. The second kappa shape index (κ2) is 6.40. The van der Waals surface area contributed by atoms with E-state index in [-0.39, 0.29) is 0 Å². The Hall–Kier alpha value is -1.09. The maximum Gasteiger partial charge on any atom is 0.314 e. The summed E-state index contributed by atoms with van der Waals surface area (Å²) in [6.45, 7) is 10.7. The van der Waals surface area contributed by atoms with Crippen LogP contribution in [-0.2, 0) is 9.53 Å². The van der Waals surface area contributed by atoms with E-state index in [4.69, 9.17) is 4.74 Å². The second-order valence-corrected chi connectivity index (χ2v) is 3.81. The van der Waals surface area contributed by atoms with Crippen LogP contribution in [0.1, 0.15) is 33.1 Å². The Morgan fingerprint density at radius 2 is 1.93 bits per heavy atom. The van der Waals surface area contributed by atoms with Gasteiger partial charge in [0.15, 0.2) is 6.29 Å². The highest BCUT2D eigenvalue weighted by Crippen LogP contribution is 2.29. The fourth-order valence-corrected chi connectivity index (χ4v) is 1.24. The van der Waals surface area contributed by atoms with Gasteiger partial charge >= 0.3 is 5.97 Å². The van der Waals surface area contributed by atoms with Crippen LogP contribution >= 0.6 is 0 Å². The largest absolute Gasteiger partial charge is 0.436 e. The molecule has 0 spiro atoms. The first-order chi connectivity index (χ1) is 7.00. The molecule has 15 heavy (non-hydrogen) atoms. The normalized spacial score (nSPS) is 13.0. The van der Waals surface area contributed by atoms with Crippen molar-refractivity contribution in [3.63, 3.8) is 0 Å². The molecule has 0 saturated heterocycles. The van der Waals surface area contributed by atoms with E-state index in [2.05, 4.69) is 13.2 Å². The Kier molecular flexibility index (Phi) is 5.94. The summed E-state index contributed by atoms with van der Waals surface area (Å²) in [5.74, 6) is -0.406. The average molecular weight is 212 g/mol. The standard InChI is InChI=1S/C12H20O3/c1-5-8-12(4,9-6-2)11(14)15-10(13)7-3/h5-6,10,13H,1-2,7-9H2,3-4H3. The third-order valence-electron chi connectivity index (χ3n) is 2.27. The van der Waals surface area contributed by atoms with E-state index in [0.717, 1.165) is 0 Å². The van der Waals surface area contributed by atoms with E-state index in [1.165, 1.54) is 0 Å². The Labute approximate surface area is 91.4 Å². The zero-order valence-corrected chi connectivity index (χ0v) is 9.53. The number of ether oxygens (including phenoxy) is 1. The molecule has 0 aliphatic carbocycles. The van der Waals surface area contributed by atoms with Crippen molar-refractivity contribution in [1.29, 1.82) is 0 Å². The van der Waals surface area contributed by atoms with Gasteiger partial charge in [-0.25, -0.2) is 0 Å². The summed E-state index contributed by atoms with van der Waals surface area (Å²) in [5, 5.41) is 9.23. The summed E-state index contributed by atoms with van der Waals surface area (Å²) in [6.07, 6.45) is 3.73. The average Bonchev–Trinajstić information content (AvgIpc) is 2.18. The van der Waals surface area contributed by atoms with E-state index in [1.807, 2.05) is 0 Å². The van der Waals surface area contributed by atoms with Gasteiger partial charge in [0.05, 0.1) is 5.41 Å². The summed E-state index contributed by atoms with van der Waals surface area (Å²) in [5.41, 5.74) is -0.667. The minimum absolute atomic E-state index is 0.393. The predicted molar refractivity (Wildman–Crippen MR) is 60.1 cm³/mol. The molecular formula is C12H20O3. The van der Waals surface area contributed by atoms with Crippen molar-refractivity contribution < 1.29 is 14.6 Å². The van der Waals surface area contributed by atoms with Gasteiger partial charge < -0.3 is 9.84 Å². The van der Waals surface area contributed by atoms with Crippen LogP contribution in [0.3, 0.4) is 0 Å². The van der Waals surface area contributed by atoms with Crippen molar-refractivity contribution in [2.24, 2.45) is 5.41 Å². The zero-order valence-electron chi connectivity index (χ0n) is 9.53. The van der Waals surface area contributed by atoms with Crippen LogP contribution in [0.15, 0.2) is 25.3 Å². The van der Waals surface area contributed by atoms with E-state index in [1.54, 1.807) is 26.0 Å². The first kappa shape index (κ1) is 13.9. The van der Waals surface area contributed by atoms with Crippen molar-refractivity contribution in [3.8, 4) is 0 Å². The molecule has 0 saturated carbocycles. The van der Waals surface area contributed by atoms with Gasteiger partial charge in [-0.05, 0) is 19.8 Å². The lowest BCUT2D eigenvalue weighted by molar-refractivity contribution is -0.179. The molecule has 0 aliphatic rings. The van der Waals surface area contributed by atoms with Gasteiger partial charge in [-0.15, -0.1) is 13.2 Å². The molecule has 0 aliphatic heterocycles. The summed E-state index contributed by atoms with van der Waals surface area (Å²) in [4.78, 5) is 11.7. The first-order valence-electron chi connectivity index (χ1n) is 5.11. The third kappa shape index (κ3) is 4.30. The van der Waals surface area contributed by atoms with Crippen LogP contribution in [0.4, 0.5) is 0 Å². The molecule has 0 fully saturated rings. The molecule has 0 aromatic carbocycles. The minimum atomic E-state index is -1.02. The SMILES string of the molecule is C=CCC(C)(CC=C)C(=O)OC(O)CC. The lowest BCUT2D eigenvalue weighted by atomic mass is 9.83. The van der Waals surface area contributed by atoms with Gasteiger partial charge in [-0.1, -0.05) is 19.1 Å². The first-order valence-corrected chi connectivity index (χ1v) is 5.11. The minimum Gasteiger partial charge on any atom is -0.436 e. The van der Waals surface area contributed by atoms with Crippen molar-refractivity contribution >= 4 is 5.97 Å². The van der Waals surface area contributed by atoms with Gasteiger partial charge in [0.2, 0.25) is 0 Å². The number of hydrogen-bond acceptors (Lipinski definition) is 3. The molecule has 1 N–H and O–H groups in total. The van der Waals surface area contributed by atoms with Crippen LogP contribution in [0.5, 0.6) is 0 Å². The molecule has 3 heteroatoms.